The Hall–Kier alpha value is -2.07. The minimum absolute atomic E-state index is 0.115. The van der Waals surface area contributed by atoms with Gasteiger partial charge >= 0.3 is 5.97 Å². The van der Waals surface area contributed by atoms with Crippen molar-refractivity contribution in [2.45, 2.75) is 18.4 Å². The average molecular weight is 389 g/mol. The number of anilines is 1. The van der Waals surface area contributed by atoms with Crippen LogP contribution < -0.4 is 10.0 Å². The van der Waals surface area contributed by atoms with E-state index in [0.29, 0.717) is 12.4 Å². The molecule has 0 aliphatic carbocycles. The van der Waals surface area contributed by atoms with Crippen LogP contribution in [0, 0.1) is 0 Å². The number of hydrogen-bond donors (Lipinski definition) is 3. The minimum Gasteiger partial charge on any atom is -0.478 e. The molecule has 0 amide bonds. The van der Waals surface area contributed by atoms with Crippen LogP contribution in [0.25, 0.3) is 0 Å². The number of benzene rings is 1. The standard InChI is InChI=1S/C15H17ClN2O6S/c1-2-23-9-18-25(21,22)14-6-11(15(19)20)13(7-12(14)16)17-8-10-4-3-5-24-10/h3-7,17-18H,2,8-9H2,1H3,(H,19,20). The third-order valence-electron chi connectivity index (χ3n) is 3.18. The van der Waals surface area contributed by atoms with Crippen LogP contribution in [-0.2, 0) is 21.3 Å². The lowest BCUT2D eigenvalue weighted by molar-refractivity contribution is 0.0697. The Morgan fingerprint density at radius 1 is 1.40 bits per heavy atom. The van der Waals surface area contributed by atoms with E-state index in [1.54, 1.807) is 19.1 Å². The fourth-order valence-electron chi connectivity index (χ4n) is 1.98. The van der Waals surface area contributed by atoms with Crippen LogP contribution in [-0.4, -0.2) is 32.8 Å². The average Bonchev–Trinajstić information content (AvgIpc) is 3.06. The molecule has 3 N–H and O–H groups in total. The van der Waals surface area contributed by atoms with E-state index in [2.05, 4.69) is 10.0 Å². The molecular formula is C15H17ClN2O6S. The summed E-state index contributed by atoms with van der Waals surface area (Å²) in [5, 5.41) is 12.1. The first-order valence-corrected chi connectivity index (χ1v) is 9.11. The zero-order chi connectivity index (χ0) is 18.4. The molecular weight excluding hydrogens is 372 g/mol. The van der Waals surface area contributed by atoms with Crippen molar-refractivity contribution in [1.29, 1.82) is 0 Å². The van der Waals surface area contributed by atoms with E-state index in [-0.39, 0.29) is 34.4 Å². The van der Waals surface area contributed by atoms with Gasteiger partial charge in [-0.2, -0.15) is 4.72 Å². The van der Waals surface area contributed by atoms with Gasteiger partial charge in [-0.25, -0.2) is 13.2 Å². The maximum atomic E-state index is 12.3. The summed E-state index contributed by atoms with van der Waals surface area (Å²) in [7, 11) is -4.01. The normalized spacial score (nSPS) is 11.4. The fourth-order valence-corrected chi connectivity index (χ4v) is 3.43. The predicted octanol–water partition coefficient (Wildman–Crippen LogP) is 2.52. The zero-order valence-corrected chi connectivity index (χ0v) is 14.9. The van der Waals surface area contributed by atoms with Crippen LogP contribution >= 0.6 is 11.6 Å². The first kappa shape index (κ1) is 19.3. The van der Waals surface area contributed by atoms with E-state index in [4.69, 9.17) is 20.8 Å². The second kappa shape index (κ2) is 8.34. The third kappa shape index (κ3) is 4.95. The lowest BCUT2D eigenvalue weighted by Crippen LogP contribution is -2.27. The monoisotopic (exact) mass is 388 g/mol. The Morgan fingerprint density at radius 2 is 2.16 bits per heavy atom. The number of furan rings is 1. The fraction of sp³-hybridized carbons (Fsp3) is 0.267. The Balaban J connectivity index is 2.31. The van der Waals surface area contributed by atoms with Crippen LogP contribution in [0.1, 0.15) is 23.0 Å². The topological polar surface area (TPSA) is 118 Å². The largest absolute Gasteiger partial charge is 0.478 e. The van der Waals surface area contributed by atoms with E-state index in [1.165, 1.54) is 12.3 Å². The van der Waals surface area contributed by atoms with Crippen LogP contribution in [0.4, 0.5) is 5.69 Å². The molecule has 2 aromatic rings. The summed E-state index contributed by atoms with van der Waals surface area (Å²) in [6.07, 6.45) is 1.49. The number of halogens is 1. The first-order chi connectivity index (χ1) is 11.8. The second-order valence-electron chi connectivity index (χ2n) is 4.85. The lowest BCUT2D eigenvalue weighted by Gasteiger charge is -2.13. The number of aromatic carboxylic acids is 1. The van der Waals surface area contributed by atoms with Crippen molar-refractivity contribution in [1.82, 2.24) is 4.72 Å². The van der Waals surface area contributed by atoms with Gasteiger partial charge in [0.05, 0.1) is 29.1 Å². The number of hydrogen-bond acceptors (Lipinski definition) is 6. The van der Waals surface area contributed by atoms with Crippen molar-refractivity contribution in [2.75, 3.05) is 18.7 Å². The number of sulfonamides is 1. The van der Waals surface area contributed by atoms with Crippen molar-refractivity contribution >= 4 is 33.3 Å². The molecule has 0 atom stereocenters. The highest BCUT2D eigenvalue weighted by atomic mass is 35.5. The van der Waals surface area contributed by atoms with E-state index in [1.807, 2.05) is 0 Å². The number of ether oxygens (including phenoxy) is 1. The molecule has 8 nitrogen and oxygen atoms in total. The van der Waals surface area contributed by atoms with Crippen molar-refractivity contribution in [3.63, 3.8) is 0 Å². The quantitative estimate of drug-likeness (QED) is 0.446. The van der Waals surface area contributed by atoms with Gasteiger partial charge in [0.25, 0.3) is 0 Å². The van der Waals surface area contributed by atoms with Gasteiger partial charge in [0.15, 0.2) is 0 Å². The molecule has 0 aliphatic heterocycles. The van der Waals surface area contributed by atoms with Gasteiger partial charge in [-0.1, -0.05) is 11.6 Å². The molecule has 0 spiro atoms. The Bertz CT molecular complexity index is 836. The molecule has 0 aliphatic rings. The van der Waals surface area contributed by atoms with Crippen molar-refractivity contribution in [3.8, 4) is 0 Å². The highest BCUT2D eigenvalue weighted by Crippen LogP contribution is 2.29. The lowest BCUT2D eigenvalue weighted by atomic mass is 10.1. The van der Waals surface area contributed by atoms with E-state index in [0.717, 1.165) is 6.07 Å². The number of carboxylic acids is 1. The van der Waals surface area contributed by atoms with Crippen molar-refractivity contribution in [3.05, 3.63) is 46.9 Å². The number of rotatable bonds is 9. The molecule has 2 rings (SSSR count). The first-order valence-electron chi connectivity index (χ1n) is 7.25. The van der Waals surface area contributed by atoms with Crippen molar-refractivity contribution < 1.29 is 27.5 Å². The van der Waals surface area contributed by atoms with Gasteiger partial charge in [0, 0.05) is 6.61 Å². The molecule has 0 unspecified atom stereocenters. The molecule has 0 saturated carbocycles. The summed E-state index contributed by atoms with van der Waals surface area (Å²) < 4.78 is 36.8. The van der Waals surface area contributed by atoms with Crippen LogP contribution in [0.15, 0.2) is 39.8 Å². The molecule has 0 radical (unpaired) electrons. The van der Waals surface area contributed by atoms with E-state index >= 15 is 0 Å². The second-order valence-corrected chi connectivity index (χ2v) is 6.99. The Kier molecular flexibility index (Phi) is 6.43. The van der Waals surface area contributed by atoms with Gasteiger partial charge in [-0.3, -0.25) is 0 Å². The van der Waals surface area contributed by atoms with E-state index in [9.17, 15) is 18.3 Å². The van der Waals surface area contributed by atoms with E-state index < -0.39 is 16.0 Å². The van der Waals surface area contributed by atoms with Crippen LogP contribution in [0.5, 0.6) is 0 Å². The van der Waals surface area contributed by atoms with Gasteiger partial charge in [-0.05, 0) is 31.2 Å². The molecule has 136 valence electrons. The van der Waals surface area contributed by atoms with Gasteiger partial charge in [0.1, 0.15) is 17.4 Å². The van der Waals surface area contributed by atoms with Crippen LogP contribution in [0.2, 0.25) is 5.02 Å². The van der Waals surface area contributed by atoms with Gasteiger partial charge < -0.3 is 19.6 Å². The summed E-state index contributed by atoms with van der Waals surface area (Å²) in [5.74, 6) is -0.706. The number of carbonyl (C=O) groups is 1. The zero-order valence-electron chi connectivity index (χ0n) is 13.3. The third-order valence-corrected chi connectivity index (χ3v) is 5.02. The summed E-state index contributed by atoms with van der Waals surface area (Å²) in [4.78, 5) is 11.1. The number of carboxylic acid groups (broad SMARTS) is 1. The molecule has 0 bridgehead atoms. The van der Waals surface area contributed by atoms with Crippen molar-refractivity contribution in [2.24, 2.45) is 0 Å². The van der Waals surface area contributed by atoms with Gasteiger partial charge in [0.2, 0.25) is 10.0 Å². The van der Waals surface area contributed by atoms with Crippen LogP contribution in [0.3, 0.4) is 0 Å². The molecule has 0 saturated heterocycles. The summed E-state index contributed by atoms with van der Waals surface area (Å²) in [6, 6.07) is 5.67. The molecule has 25 heavy (non-hydrogen) atoms. The Labute approximate surface area is 149 Å². The summed E-state index contributed by atoms with van der Waals surface area (Å²) in [5.41, 5.74) is -0.0506. The maximum absolute atomic E-state index is 12.3. The maximum Gasteiger partial charge on any atom is 0.337 e. The van der Waals surface area contributed by atoms with Gasteiger partial charge in [-0.15, -0.1) is 0 Å². The smallest absolute Gasteiger partial charge is 0.337 e. The number of nitrogens with one attached hydrogen (secondary N) is 2. The summed E-state index contributed by atoms with van der Waals surface area (Å²) in [6.45, 7) is 2.02. The molecule has 1 aromatic heterocycles. The Morgan fingerprint density at radius 3 is 2.76 bits per heavy atom. The minimum atomic E-state index is -4.01. The molecule has 1 heterocycles. The SMILES string of the molecule is CCOCNS(=O)(=O)c1cc(C(=O)O)c(NCc2ccco2)cc1Cl. The molecule has 0 fully saturated rings. The highest BCUT2D eigenvalue weighted by molar-refractivity contribution is 7.89. The molecule has 10 heteroatoms. The highest BCUT2D eigenvalue weighted by Gasteiger charge is 2.23. The predicted molar refractivity (Wildman–Crippen MR) is 91.3 cm³/mol. The molecule has 1 aromatic carbocycles. The summed E-state index contributed by atoms with van der Waals surface area (Å²) >= 11 is 6.05.